The van der Waals surface area contributed by atoms with Crippen molar-refractivity contribution in [3.8, 4) is 0 Å². The van der Waals surface area contributed by atoms with Crippen LogP contribution in [0.25, 0.3) is 0 Å². The van der Waals surface area contributed by atoms with Crippen molar-refractivity contribution in [2.75, 3.05) is 0 Å². The van der Waals surface area contributed by atoms with Gasteiger partial charge < -0.3 is 0 Å². The molecule has 1 aliphatic rings. The molecule has 5 heteroatoms. The number of alkyl halides is 1. The predicted octanol–water partition coefficient (Wildman–Crippen LogP) is 2.10. The van der Waals surface area contributed by atoms with Gasteiger partial charge in [-0.25, -0.2) is 0 Å². The Bertz CT molecular complexity index is 467. The minimum atomic E-state index is -1.12. The number of carbonyl (C=O) groups excluding carboxylic acids is 1. The molecule has 1 aromatic rings. The van der Waals surface area contributed by atoms with Gasteiger partial charge >= 0.3 is 102 Å². The van der Waals surface area contributed by atoms with Crippen LogP contribution in [0, 0.1) is 0 Å². The summed E-state index contributed by atoms with van der Waals surface area (Å²) in [4.78, 5) is 22.6. The van der Waals surface area contributed by atoms with E-state index in [-0.39, 0.29) is 36.4 Å². The molecule has 0 aliphatic carbocycles. The molecule has 0 spiro atoms. The van der Waals surface area contributed by atoms with E-state index in [2.05, 4.69) is 0 Å². The maximum atomic E-state index is 11.7. The van der Waals surface area contributed by atoms with Crippen molar-refractivity contribution in [2.45, 2.75) is 4.11 Å². The Morgan fingerprint density at radius 3 is 2.38 bits per heavy atom. The zero-order chi connectivity index (χ0) is 11.5. The number of rotatable bonds is 3. The first-order valence-corrected chi connectivity index (χ1v) is 7.23. The molecule has 0 amide bonds. The van der Waals surface area contributed by atoms with Crippen LogP contribution in [0.2, 0.25) is 0 Å². The van der Waals surface area contributed by atoms with Crippen molar-refractivity contribution in [2.24, 2.45) is 0 Å². The molecular weight excluding hydrogens is 323 g/mol. The Balaban J connectivity index is 2.21. The van der Waals surface area contributed by atoms with Gasteiger partial charge in [0.15, 0.2) is 0 Å². The Kier molecular flexibility index (Phi) is 3.23. The van der Waals surface area contributed by atoms with Crippen molar-refractivity contribution in [3.63, 3.8) is 0 Å². The van der Waals surface area contributed by atoms with E-state index in [1.54, 1.807) is 12.1 Å². The van der Waals surface area contributed by atoms with Crippen LogP contribution in [0.15, 0.2) is 34.4 Å². The molecule has 0 bridgehead atoms. The standard InChI is InChI=1S/C11H9IO4/c13-10(14)7-3-1-2-4-8(7)11(15)16-9-5-6-12-9/h1-6,9,12H,(H,13,14). The van der Waals surface area contributed by atoms with Crippen LogP contribution in [-0.2, 0) is 4.74 Å². The fourth-order valence-electron chi connectivity index (χ4n) is 1.23. The zero-order valence-corrected chi connectivity index (χ0v) is 10.5. The van der Waals surface area contributed by atoms with Crippen molar-refractivity contribution < 1.29 is 19.4 Å². The van der Waals surface area contributed by atoms with Gasteiger partial charge in [-0.2, -0.15) is 0 Å². The molecule has 1 heterocycles. The molecule has 0 radical (unpaired) electrons. The first kappa shape index (κ1) is 11.1. The maximum absolute atomic E-state index is 11.7. The molecule has 1 aromatic carbocycles. The van der Waals surface area contributed by atoms with Crippen molar-refractivity contribution in [1.82, 2.24) is 0 Å². The van der Waals surface area contributed by atoms with E-state index in [9.17, 15) is 9.59 Å². The second-order valence-electron chi connectivity index (χ2n) is 3.09. The van der Waals surface area contributed by atoms with Crippen molar-refractivity contribution in [1.29, 1.82) is 0 Å². The first-order chi connectivity index (χ1) is 7.68. The Morgan fingerprint density at radius 1 is 1.25 bits per heavy atom. The first-order valence-electron chi connectivity index (χ1n) is 4.54. The van der Waals surface area contributed by atoms with Crippen LogP contribution in [-0.4, -0.2) is 21.2 Å². The predicted molar refractivity (Wildman–Crippen MR) is 67.2 cm³/mol. The van der Waals surface area contributed by atoms with Gasteiger partial charge in [0.2, 0.25) is 0 Å². The summed E-state index contributed by atoms with van der Waals surface area (Å²) in [6, 6.07) is 6.06. The second-order valence-corrected chi connectivity index (χ2v) is 5.97. The average molecular weight is 332 g/mol. The fraction of sp³-hybridized carbons (Fsp3) is 0.0909. The number of hydrogen-bond acceptors (Lipinski definition) is 3. The van der Waals surface area contributed by atoms with Crippen LogP contribution in [0.4, 0.5) is 0 Å². The topological polar surface area (TPSA) is 63.6 Å². The molecule has 1 N–H and O–H groups in total. The molecule has 16 heavy (non-hydrogen) atoms. The van der Waals surface area contributed by atoms with E-state index in [4.69, 9.17) is 9.84 Å². The third kappa shape index (κ3) is 2.24. The number of aromatic carboxylic acids is 1. The van der Waals surface area contributed by atoms with Crippen LogP contribution < -0.4 is 0 Å². The van der Waals surface area contributed by atoms with E-state index in [0.29, 0.717) is 0 Å². The van der Waals surface area contributed by atoms with Crippen molar-refractivity contribution >= 4 is 33.1 Å². The van der Waals surface area contributed by atoms with E-state index < -0.39 is 11.9 Å². The molecule has 1 atom stereocenters. The fourth-order valence-corrected chi connectivity index (χ4v) is 2.45. The summed E-state index contributed by atoms with van der Waals surface area (Å²) in [5.41, 5.74) is 0.0965. The molecular formula is C11H9IO4. The summed E-state index contributed by atoms with van der Waals surface area (Å²) in [5.74, 6) is -1.68. The monoisotopic (exact) mass is 332 g/mol. The van der Waals surface area contributed by atoms with Crippen molar-refractivity contribution in [3.05, 3.63) is 45.6 Å². The van der Waals surface area contributed by atoms with E-state index in [1.807, 2.05) is 10.2 Å². The number of carboxylic acids is 1. The molecule has 1 aliphatic heterocycles. The number of ether oxygens (including phenoxy) is 1. The molecule has 4 nitrogen and oxygen atoms in total. The molecule has 1 unspecified atom stereocenters. The number of carboxylic acid groups (broad SMARTS) is 1. The van der Waals surface area contributed by atoms with Gasteiger partial charge in [-0.3, -0.25) is 0 Å². The molecule has 0 fully saturated rings. The number of esters is 1. The summed E-state index contributed by atoms with van der Waals surface area (Å²) in [6.45, 7) is 0. The second kappa shape index (κ2) is 4.65. The normalized spacial score (nSPS) is 18.1. The van der Waals surface area contributed by atoms with Gasteiger partial charge in [-0.1, -0.05) is 0 Å². The van der Waals surface area contributed by atoms with Gasteiger partial charge in [0, 0.05) is 0 Å². The third-order valence-electron chi connectivity index (χ3n) is 2.05. The number of carbonyl (C=O) groups is 2. The van der Waals surface area contributed by atoms with Crippen LogP contribution >= 0.6 is 21.2 Å². The number of halogens is 1. The Morgan fingerprint density at radius 2 is 1.88 bits per heavy atom. The minimum absolute atomic E-state index is 0.0172. The van der Waals surface area contributed by atoms with E-state index >= 15 is 0 Å². The third-order valence-corrected chi connectivity index (χ3v) is 4.43. The molecule has 0 saturated carbocycles. The summed E-state index contributed by atoms with van der Waals surface area (Å²) >= 11 is -0.359. The molecule has 0 aromatic heterocycles. The number of hydrogen-bond donors (Lipinski definition) is 1. The summed E-state index contributed by atoms with van der Waals surface area (Å²) < 4.78 is 7.07. The summed E-state index contributed by atoms with van der Waals surface area (Å²) in [7, 11) is 0. The van der Waals surface area contributed by atoms with Gasteiger partial charge in [-0.15, -0.1) is 0 Å². The quantitative estimate of drug-likeness (QED) is 0.523. The van der Waals surface area contributed by atoms with Gasteiger partial charge in [0.25, 0.3) is 0 Å². The number of benzene rings is 1. The van der Waals surface area contributed by atoms with Gasteiger partial charge in [0.1, 0.15) is 0 Å². The van der Waals surface area contributed by atoms with E-state index in [0.717, 1.165) is 0 Å². The van der Waals surface area contributed by atoms with Gasteiger partial charge in [0.05, 0.1) is 0 Å². The summed E-state index contributed by atoms with van der Waals surface area (Å²) in [6.07, 6.45) is 1.82. The molecule has 0 saturated heterocycles. The Hall–Kier alpha value is -1.37. The van der Waals surface area contributed by atoms with Gasteiger partial charge in [-0.05, 0) is 0 Å². The van der Waals surface area contributed by atoms with Crippen LogP contribution in [0.1, 0.15) is 20.7 Å². The summed E-state index contributed by atoms with van der Waals surface area (Å²) in [5, 5.41) is 8.91. The zero-order valence-electron chi connectivity index (χ0n) is 8.12. The SMILES string of the molecule is O=C(O)c1ccccc1C(=O)OC1C=C[IH]1. The molecule has 84 valence electrons. The van der Waals surface area contributed by atoms with Crippen LogP contribution in [0.3, 0.4) is 0 Å². The van der Waals surface area contributed by atoms with E-state index in [1.165, 1.54) is 12.1 Å². The molecule has 2 rings (SSSR count). The Labute approximate surface area is 102 Å². The average Bonchev–Trinajstić information content (AvgIpc) is 2.23. The van der Waals surface area contributed by atoms with Crippen LogP contribution in [0.5, 0.6) is 0 Å².